The van der Waals surface area contributed by atoms with E-state index in [4.69, 9.17) is 18.3 Å². The average molecular weight is 569 g/mol. The molecule has 1 saturated carbocycles. The summed E-state index contributed by atoms with van der Waals surface area (Å²) < 4.78 is 27.8. The minimum atomic E-state index is -2.19. The van der Waals surface area contributed by atoms with Crippen molar-refractivity contribution in [1.82, 2.24) is 0 Å². The van der Waals surface area contributed by atoms with E-state index >= 15 is 0 Å². The summed E-state index contributed by atoms with van der Waals surface area (Å²) >= 11 is 0. The highest BCUT2D eigenvalue weighted by Crippen LogP contribution is 2.44. The van der Waals surface area contributed by atoms with E-state index in [1.165, 1.54) is 0 Å². The molecule has 0 spiro atoms. The third-order valence-electron chi connectivity index (χ3n) is 8.91. The summed E-state index contributed by atoms with van der Waals surface area (Å²) in [7, 11) is -4.37. The Hall–Kier alpha value is -1.55. The fraction of sp³-hybridized carbons (Fsp3) is 0.576. The lowest BCUT2D eigenvalue weighted by Gasteiger charge is -2.51. The molecule has 2 aromatic carbocycles. The second-order valence-corrected chi connectivity index (χ2v) is 23.6. The van der Waals surface area contributed by atoms with Crippen LogP contribution in [0.15, 0.2) is 72.8 Å². The van der Waals surface area contributed by atoms with Gasteiger partial charge in [-0.3, -0.25) is 0 Å². The van der Waals surface area contributed by atoms with Crippen molar-refractivity contribution in [3.05, 3.63) is 83.9 Å². The van der Waals surface area contributed by atoms with E-state index in [1.54, 1.807) is 0 Å². The van der Waals surface area contributed by atoms with E-state index in [9.17, 15) is 0 Å². The molecule has 3 rings (SSSR count). The first-order chi connectivity index (χ1) is 18.0. The molecule has 0 aromatic heterocycles. The maximum atomic E-state index is 7.24. The standard InChI is InChI=1S/C33H52O4Si2/c1-25-22-28(34-23-26-18-14-12-15-19-26)30(36-38(8,9)32(2,3)4)31(37-39(10,11)33(5,6)7)29(25)35-24-27-20-16-13-17-21-27/h12-21,28-31H,1,22-24H2,2-11H3/t28-,29-,30-,31-/m1/s1. The van der Waals surface area contributed by atoms with Gasteiger partial charge in [-0.25, -0.2) is 0 Å². The van der Waals surface area contributed by atoms with Crippen molar-refractivity contribution in [2.45, 2.75) is 122 Å². The Kier molecular flexibility index (Phi) is 10.3. The molecule has 0 saturated heterocycles. The molecule has 4 nitrogen and oxygen atoms in total. The summed E-state index contributed by atoms with van der Waals surface area (Å²) in [6.45, 7) is 28.5. The number of rotatable bonds is 10. The quantitative estimate of drug-likeness (QED) is 0.212. The van der Waals surface area contributed by atoms with Crippen LogP contribution in [0.1, 0.15) is 59.1 Å². The number of hydrogen-bond acceptors (Lipinski definition) is 4. The van der Waals surface area contributed by atoms with Crippen LogP contribution in [0, 0.1) is 0 Å². The van der Waals surface area contributed by atoms with Crippen LogP contribution >= 0.6 is 0 Å². The van der Waals surface area contributed by atoms with Crippen LogP contribution in [-0.2, 0) is 31.5 Å². The van der Waals surface area contributed by atoms with Crippen molar-refractivity contribution < 1.29 is 18.3 Å². The van der Waals surface area contributed by atoms with E-state index in [2.05, 4.69) is 123 Å². The van der Waals surface area contributed by atoms with Crippen molar-refractivity contribution in [2.75, 3.05) is 0 Å². The zero-order valence-corrected chi connectivity index (χ0v) is 28.0. The Balaban J connectivity index is 2.00. The topological polar surface area (TPSA) is 36.9 Å². The molecule has 0 amide bonds. The molecule has 4 atom stereocenters. The van der Waals surface area contributed by atoms with Gasteiger partial charge in [0.1, 0.15) is 12.2 Å². The normalized spacial score (nSPS) is 23.2. The van der Waals surface area contributed by atoms with Gasteiger partial charge in [0.2, 0.25) is 0 Å². The van der Waals surface area contributed by atoms with Gasteiger partial charge in [0.25, 0.3) is 0 Å². The molecule has 6 heteroatoms. The molecule has 216 valence electrons. The first-order valence-electron chi connectivity index (χ1n) is 14.4. The zero-order valence-electron chi connectivity index (χ0n) is 26.0. The predicted octanol–water partition coefficient (Wildman–Crippen LogP) is 8.90. The maximum absolute atomic E-state index is 7.24. The van der Waals surface area contributed by atoms with E-state index in [1.807, 2.05) is 12.1 Å². The highest BCUT2D eigenvalue weighted by molar-refractivity contribution is 6.74. The number of benzene rings is 2. The van der Waals surface area contributed by atoms with Crippen LogP contribution in [0.4, 0.5) is 0 Å². The lowest BCUT2D eigenvalue weighted by Crippen LogP contribution is -2.62. The Morgan fingerprint density at radius 2 is 1.08 bits per heavy atom. The van der Waals surface area contributed by atoms with Gasteiger partial charge in [0.15, 0.2) is 16.6 Å². The van der Waals surface area contributed by atoms with Crippen LogP contribution in [0.2, 0.25) is 36.3 Å². The van der Waals surface area contributed by atoms with E-state index in [0.717, 1.165) is 16.7 Å². The van der Waals surface area contributed by atoms with Crippen molar-refractivity contribution in [1.29, 1.82) is 0 Å². The van der Waals surface area contributed by atoms with Gasteiger partial charge < -0.3 is 18.3 Å². The molecular weight excluding hydrogens is 517 g/mol. The molecule has 1 aliphatic rings. The third-order valence-corrected chi connectivity index (χ3v) is 17.9. The largest absolute Gasteiger partial charge is 0.409 e. The SMILES string of the molecule is C=C1C[C@@H](OCc2ccccc2)[C@@H](O[Si](C)(C)C(C)(C)C)[C@H](O[Si](C)(C)C(C)(C)C)[C@@H]1OCc1ccccc1. The summed E-state index contributed by atoms with van der Waals surface area (Å²) in [6.07, 6.45) is -0.312. The average Bonchev–Trinajstić information content (AvgIpc) is 2.84. The molecule has 1 fully saturated rings. The third kappa shape index (κ3) is 8.24. The van der Waals surface area contributed by atoms with Gasteiger partial charge in [-0.05, 0) is 59.4 Å². The van der Waals surface area contributed by atoms with Crippen molar-refractivity contribution >= 4 is 16.6 Å². The molecule has 1 aliphatic carbocycles. The summed E-state index contributed by atoms with van der Waals surface area (Å²) in [5.74, 6) is 0. The predicted molar refractivity (Wildman–Crippen MR) is 168 cm³/mol. The van der Waals surface area contributed by atoms with Crippen molar-refractivity contribution in [3.63, 3.8) is 0 Å². The van der Waals surface area contributed by atoms with Crippen molar-refractivity contribution in [2.24, 2.45) is 0 Å². The van der Waals surface area contributed by atoms with Crippen LogP contribution in [0.25, 0.3) is 0 Å². The fourth-order valence-electron chi connectivity index (χ4n) is 4.32. The van der Waals surface area contributed by atoms with Gasteiger partial charge in [0, 0.05) is 0 Å². The van der Waals surface area contributed by atoms with Gasteiger partial charge >= 0.3 is 0 Å². The first-order valence-corrected chi connectivity index (χ1v) is 20.2. The molecule has 0 N–H and O–H groups in total. The minimum absolute atomic E-state index is 0.0394. The van der Waals surface area contributed by atoms with Gasteiger partial charge in [-0.1, -0.05) is 109 Å². The van der Waals surface area contributed by atoms with Crippen LogP contribution in [0.5, 0.6) is 0 Å². The van der Waals surface area contributed by atoms with Crippen molar-refractivity contribution in [3.8, 4) is 0 Å². The number of hydrogen-bond donors (Lipinski definition) is 0. The second-order valence-electron chi connectivity index (χ2n) is 14.1. The minimum Gasteiger partial charge on any atom is -0.409 e. The summed E-state index contributed by atoms with van der Waals surface area (Å²) in [6, 6.07) is 20.7. The number of ether oxygens (including phenoxy) is 2. The summed E-state index contributed by atoms with van der Waals surface area (Å²) in [5, 5.41) is 0.0883. The first kappa shape index (κ1) is 32.0. The van der Waals surface area contributed by atoms with E-state index < -0.39 is 16.6 Å². The van der Waals surface area contributed by atoms with Crippen LogP contribution in [-0.4, -0.2) is 41.1 Å². The van der Waals surface area contributed by atoms with Gasteiger partial charge in [-0.2, -0.15) is 0 Å². The molecule has 0 aliphatic heterocycles. The molecule has 2 aromatic rings. The van der Waals surface area contributed by atoms with Gasteiger partial charge in [-0.15, -0.1) is 0 Å². The highest BCUT2D eigenvalue weighted by Gasteiger charge is 2.52. The molecule has 39 heavy (non-hydrogen) atoms. The Morgan fingerprint density at radius 3 is 1.51 bits per heavy atom. The Morgan fingerprint density at radius 1 is 0.667 bits per heavy atom. The molecule has 0 unspecified atom stereocenters. The highest BCUT2D eigenvalue weighted by atomic mass is 28.4. The van der Waals surface area contributed by atoms with Gasteiger partial charge in [0.05, 0.1) is 25.4 Å². The lowest BCUT2D eigenvalue weighted by molar-refractivity contribution is -0.143. The Bertz CT molecular complexity index is 1050. The molecule has 0 bridgehead atoms. The summed E-state index contributed by atoms with van der Waals surface area (Å²) in [5.41, 5.74) is 3.31. The zero-order chi connectivity index (χ0) is 29.1. The van der Waals surface area contributed by atoms with E-state index in [0.29, 0.717) is 19.6 Å². The maximum Gasteiger partial charge on any atom is 0.192 e. The smallest absolute Gasteiger partial charge is 0.192 e. The van der Waals surface area contributed by atoms with Crippen LogP contribution < -0.4 is 0 Å². The van der Waals surface area contributed by atoms with E-state index in [-0.39, 0.29) is 34.5 Å². The molecule has 0 radical (unpaired) electrons. The van der Waals surface area contributed by atoms with Crippen LogP contribution in [0.3, 0.4) is 0 Å². The monoisotopic (exact) mass is 568 g/mol. The molecule has 0 heterocycles. The molecular formula is C33H52O4Si2. The lowest BCUT2D eigenvalue weighted by atomic mass is 9.86. The fourth-order valence-corrected chi connectivity index (χ4v) is 6.93. The Labute approximate surface area is 240 Å². The summed E-state index contributed by atoms with van der Waals surface area (Å²) in [4.78, 5) is 0. The second kappa shape index (κ2) is 12.5.